The number of carbonyl (C=O) groups excluding carboxylic acids is 1. The van der Waals surface area contributed by atoms with Crippen molar-refractivity contribution in [2.45, 2.75) is 20.5 Å². The van der Waals surface area contributed by atoms with E-state index in [9.17, 15) is 4.79 Å². The molecule has 5 nitrogen and oxygen atoms in total. The number of halogens is 2. The highest BCUT2D eigenvalue weighted by atomic mass is 127. The predicted molar refractivity (Wildman–Crippen MR) is 141 cm³/mol. The Morgan fingerprint density at radius 1 is 1.09 bits per heavy atom. The minimum atomic E-state index is -0.489. The fraction of sp³-hybridized carbons (Fsp3) is 0.154. The standard InChI is InChI=1S/C26H21BrINO4/c1-3-31-23-14-18(12-21(27)24(23)32-15-17-6-4-5-16(2)11-17)13-22-26(30)33-25(29-22)19-7-9-20(28)10-8-19/h4-14H,3,15H2,1-2H3/b22-13-. The molecular weight excluding hydrogens is 597 g/mol. The lowest BCUT2D eigenvalue weighted by molar-refractivity contribution is -0.129. The first-order valence-electron chi connectivity index (χ1n) is 10.4. The Morgan fingerprint density at radius 3 is 2.61 bits per heavy atom. The van der Waals surface area contributed by atoms with Gasteiger partial charge in [-0.1, -0.05) is 29.8 Å². The molecule has 0 amide bonds. The second kappa shape index (κ2) is 10.5. The zero-order valence-electron chi connectivity index (χ0n) is 18.1. The van der Waals surface area contributed by atoms with Gasteiger partial charge in [0, 0.05) is 9.13 Å². The maximum atomic E-state index is 12.4. The first-order valence-corrected chi connectivity index (χ1v) is 12.2. The molecule has 7 heteroatoms. The highest BCUT2D eigenvalue weighted by molar-refractivity contribution is 14.1. The fourth-order valence-electron chi connectivity index (χ4n) is 3.31. The predicted octanol–water partition coefficient (Wildman–Crippen LogP) is 6.68. The van der Waals surface area contributed by atoms with Gasteiger partial charge in [0.25, 0.3) is 0 Å². The molecule has 4 rings (SSSR count). The molecular formula is C26H21BrINO4. The molecule has 0 radical (unpaired) electrons. The molecule has 0 saturated carbocycles. The molecule has 1 heterocycles. The van der Waals surface area contributed by atoms with Crippen LogP contribution in [0.25, 0.3) is 6.08 Å². The zero-order chi connectivity index (χ0) is 23.4. The third kappa shape index (κ3) is 5.83. The highest BCUT2D eigenvalue weighted by Crippen LogP contribution is 2.38. The van der Waals surface area contributed by atoms with Crippen molar-refractivity contribution >= 4 is 56.5 Å². The summed E-state index contributed by atoms with van der Waals surface area (Å²) in [7, 11) is 0. The average molecular weight is 618 g/mol. The van der Waals surface area contributed by atoms with Gasteiger partial charge >= 0.3 is 5.97 Å². The molecule has 0 N–H and O–H groups in total. The molecule has 0 aliphatic carbocycles. The summed E-state index contributed by atoms with van der Waals surface area (Å²) in [5.41, 5.74) is 3.97. The molecule has 33 heavy (non-hydrogen) atoms. The van der Waals surface area contributed by atoms with Crippen molar-refractivity contribution < 1.29 is 19.0 Å². The summed E-state index contributed by atoms with van der Waals surface area (Å²) < 4.78 is 19.1. The van der Waals surface area contributed by atoms with Crippen molar-refractivity contribution in [3.8, 4) is 11.5 Å². The molecule has 0 fully saturated rings. The number of aliphatic imine (C=N–C) groups is 1. The second-order valence-electron chi connectivity index (χ2n) is 7.38. The van der Waals surface area contributed by atoms with E-state index in [4.69, 9.17) is 14.2 Å². The summed E-state index contributed by atoms with van der Waals surface area (Å²) in [4.78, 5) is 16.8. The van der Waals surface area contributed by atoms with Gasteiger partial charge in [0.1, 0.15) is 6.61 Å². The van der Waals surface area contributed by atoms with Crippen molar-refractivity contribution in [1.82, 2.24) is 0 Å². The van der Waals surface area contributed by atoms with Crippen molar-refractivity contribution in [3.05, 3.63) is 96.7 Å². The maximum absolute atomic E-state index is 12.4. The molecule has 0 aromatic heterocycles. The Bertz CT molecular complexity index is 1250. The van der Waals surface area contributed by atoms with Crippen LogP contribution in [0.1, 0.15) is 29.2 Å². The number of ether oxygens (including phenoxy) is 3. The molecule has 3 aromatic carbocycles. The van der Waals surface area contributed by atoms with Gasteiger partial charge < -0.3 is 14.2 Å². The van der Waals surface area contributed by atoms with E-state index in [1.165, 1.54) is 5.56 Å². The average Bonchev–Trinajstić information content (AvgIpc) is 3.14. The number of nitrogens with zero attached hydrogens (tertiary/aromatic N) is 1. The smallest absolute Gasteiger partial charge is 0.363 e. The summed E-state index contributed by atoms with van der Waals surface area (Å²) in [5.74, 6) is 0.999. The van der Waals surface area contributed by atoms with Crippen LogP contribution in [-0.4, -0.2) is 18.5 Å². The largest absolute Gasteiger partial charge is 0.490 e. The van der Waals surface area contributed by atoms with Crippen LogP contribution in [0.5, 0.6) is 11.5 Å². The van der Waals surface area contributed by atoms with Crippen LogP contribution in [0.2, 0.25) is 0 Å². The van der Waals surface area contributed by atoms with Gasteiger partial charge in [-0.2, -0.15) is 0 Å². The van der Waals surface area contributed by atoms with Crippen LogP contribution in [0, 0.1) is 10.5 Å². The van der Waals surface area contributed by atoms with Crippen LogP contribution in [0.3, 0.4) is 0 Å². The topological polar surface area (TPSA) is 57.1 Å². The van der Waals surface area contributed by atoms with Crippen LogP contribution < -0.4 is 9.47 Å². The van der Waals surface area contributed by atoms with E-state index in [2.05, 4.69) is 49.6 Å². The maximum Gasteiger partial charge on any atom is 0.363 e. The lowest BCUT2D eigenvalue weighted by Crippen LogP contribution is -2.05. The number of benzene rings is 3. The number of carbonyl (C=O) groups is 1. The highest BCUT2D eigenvalue weighted by Gasteiger charge is 2.24. The van der Waals surface area contributed by atoms with Gasteiger partial charge in [-0.15, -0.1) is 0 Å². The van der Waals surface area contributed by atoms with Crippen molar-refractivity contribution in [1.29, 1.82) is 0 Å². The van der Waals surface area contributed by atoms with Gasteiger partial charge in [0.15, 0.2) is 17.2 Å². The van der Waals surface area contributed by atoms with E-state index in [0.717, 1.165) is 24.7 Å². The molecule has 0 atom stereocenters. The Balaban J connectivity index is 1.61. The first kappa shape index (κ1) is 23.5. The minimum absolute atomic E-state index is 0.228. The first-order chi connectivity index (χ1) is 15.9. The number of esters is 1. The van der Waals surface area contributed by atoms with E-state index in [1.54, 1.807) is 6.08 Å². The van der Waals surface area contributed by atoms with E-state index >= 15 is 0 Å². The second-order valence-corrected chi connectivity index (χ2v) is 9.48. The summed E-state index contributed by atoms with van der Waals surface area (Å²) in [5, 5.41) is 0. The van der Waals surface area contributed by atoms with E-state index in [-0.39, 0.29) is 5.70 Å². The normalized spacial score (nSPS) is 14.2. The van der Waals surface area contributed by atoms with Crippen molar-refractivity contribution in [2.24, 2.45) is 4.99 Å². The zero-order valence-corrected chi connectivity index (χ0v) is 21.8. The number of aryl methyl sites for hydroxylation is 1. The molecule has 168 valence electrons. The van der Waals surface area contributed by atoms with Gasteiger partial charge in [-0.05, 0) is 106 Å². The Labute approximate surface area is 214 Å². The van der Waals surface area contributed by atoms with Gasteiger partial charge in [0.05, 0.1) is 11.1 Å². The number of hydrogen-bond donors (Lipinski definition) is 0. The minimum Gasteiger partial charge on any atom is -0.490 e. The van der Waals surface area contributed by atoms with Crippen molar-refractivity contribution in [3.63, 3.8) is 0 Å². The van der Waals surface area contributed by atoms with Crippen molar-refractivity contribution in [2.75, 3.05) is 6.61 Å². The van der Waals surface area contributed by atoms with E-state index < -0.39 is 5.97 Å². The summed E-state index contributed by atoms with van der Waals surface area (Å²) in [6.45, 7) is 4.85. The lowest BCUT2D eigenvalue weighted by atomic mass is 10.1. The van der Waals surface area contributed by atoms with E-state index in [1.807, 2.05) is 68.4 Å². The van der Waals surface area contributed by atoms with Crippen LogP contribution in [-0.2, 0) is 16.1 Å². The molecule has 3 aromatic rings. The monoisotopic (exact) mass is 617 g/mol. The van der Waals surface area contributed by atoms with Gasteiger partial charge in [-0.3, -0.25) is 0 Å². The van der Waals surface area contributed by atoms with E-state index in [0.29, 0.717) is 30.6 Å². The molecule has 0 saturated heterocycles. The third-order valence-electron chi connectivity index (χ3n) is 4.81. The lowest BCUT2D eigenvalue weighted by Gasteiger charge is -2.15. The third-order valence-corrected chi connectivity index (χ3v) is 6.12. The number of hydrogen-bond acceptors (Lipinski definition) is 5. The molecule has 0 bridgehead atoms. The molecule has 0 spiro atoms. The molecule has 1 aliphatic rings. The summed E-state index contributed by atoms with van der Waals surface area (Å²) in [6, 6.07) is 19.5. The fourth-order valence-corrected chi connectivity index (χ4v) is 4.25. The quantitative estimate of drug-likeness (QED) is 0.169. The molecule has 0 unspecified atom stereocenters. The Hall–Kier alpha value is -2.65. The summed E-state index contributed by atoms with van der Waals surface area (Å²) >= 11 is 5.81. The summed E-state index contributed by atoms with van der Waals surface area (Å²) in [6.07, 6.45) is 1.68. The Morgan fingerprint density at radius 2 is 1.88 bits per heavy atom. The molecule has 1 aliphatic heterocycles. The SMILES string of the molecule is CCOc1cc(/C=C2\N=C(c3ccc(I)cc3)OC2=O)cc(Br)c1OCc1cccc(C)c1. The number of rotatable bonds is 7. The van der Waals surface area contributed by atoms with Gasteiger partial charge in [0.2, 0.25) is 5.90 Å². The number of cyclic esters (lactones) is 1. The Kier molecular flexibility index (Phi) is 7.49. The van der Waals surface area contributed by atoms with Crippen LogP contribution in [0.15, 0.2) is 75.8 Å². The van der Waals surface area contributed by atoms with Gasteiger partial charge in [-0.25, -0.2) is 9.79 Å². The van der Waals surface area contributed by atoms with Crippen LogP contribution >= 0.6 is 38.5 Å². The van der Waals surface area contributed by atoms with Crippen LogP contribution in [0.4, 0.5) is 0 Å².